The minimum absolute atomic E-state index is 0.255. The van der Waals surface area contributed by atoms with Crippen molar-refractivity contribution in [3.8, 4) is 0 Å². The molecule has 1 heterocycles. The average molecular weight is 223 g/mol. The summed E-state index contributed by atoms with van der Waals surface area (Å²) in [7, 11) is 0. The molecule has 16 heavy (non-hydrogen) atoms. The van der Waals surface area contributed by atoms with Crippen molar-refractivity contribution in [3.63, 3.8) is 0 Å². The molecule has 2 nitrogen and oxygen atoms in total. The molecular weight excluding hydrogens is 198 g/mol. The lowest BCUT2D eigenvalue weighted by atomic mass is 10.0. The molecule has 2 heteroatoms. The molecule has 1 aliphatic heterocycles. The molecule has 0 spiro atoms. The summed E-state index contributed by atoms with van der Waals surface area (Å²) in [5, 5.41) is 0. The van der Waals surface area contributed by atoms with Crippen LogP contribution >= 0.6 is 0 Å². The van der Waals surface area contributed by atoms with Gasteiger partial charge in [0.05, 0.1) is 6.04 Å². The van der Waals surface area contributed by atoms with E-state index in [-0.39, 0.29) is 6.04 Å². The fraction of sp³-hybridized carbons (Fsp3) is 0.929. The maximum atomic E-state index is 12.2. The summed E-state index contributed by atoms with van der Waals surface area (Å²) in [6.07, 6.45) is 9.33. The Morgan fingerprint density at radius 1 is 1.19 bits per heavy atom. The fourth-order valence-electron chi connectivity index (χ4n) is 3.52. The Hall–Kier alpha value is -0.370. The van der Waals surface area contributed by atoms with Gasteiger partial charge >= 0.3 is 0 Å². The maximum Gasteiger partial charge on any atom is 0.149 e. The topological polar surface area (TPSA) is 20.3 Å². The van der Waals surface area contributed by atoms with E-state index in [1.165, 1.54) is 32.1 Å². The van der Waals surface area contributed by atoms with Gasteiger partial charge < -0.3 is 0 Å². The van der Waals surface area contributed by atoms with Gasteiger partial charge in [0.2, 0.25) is 0 Å². The number of carbonyl (C=O) groups excluding carboxylic acids is 1. The van der Waals surface area contributed by atoms with E-state index in [1.54, 1.807) is 0 Å². The third-order valence-corrected chi connectivity index (χ3v) is 4.45. The summed E-state index contributed by atoms with van der Waals surface area (Å²) in [5.41, 5.74) is 0. The lowest BCUT2D eigenvalue weighted by Gasteiger charge is -2.34. The molecule has 3 unspecified atom stereocenters. The van der Waals surface area contributed by atoms with Crippen LogP contribution in [0.3, 0.4) is 0 Å². The van der Waals surface area contributed by atoms with Crippen molar-refractivity contribution in [2.24, 2.45) is 0 Å². The quantitative estimate of drug-likeness (QED) is 0.670. The van der Waals surface area contributed by atoms with Crippen LogP contribution in [0.15, 0.2) is 0 Å². The van der Waals surface area contributed by atoms with E-state index in [9.17, 15) is 4.79 Å². The summed E-state index contributed by atoms with van der Waals surface area (Å²) in [6.45, 7) is 4.56. The molecular formula is C14H25NO. The van der Waals surface area contributed by atoms with Crippen LogP contribution in [-0.2, 0) is 4.79 Å². The number of nitrogens with zero attached hydrogens (tertiary/aromatic N) is 1. The first-order chi connectivity index (χ1) is 7.74. The predicted molar refractivity (Wildman–Crippen MR) is 66.5 cm³/mol. The Morgan fingerprint density at radius 2 is 2.00 bits per heavy atom. The Bertz CT molecular complexity index is 251. The SMILES string of the molecule is CCC1CCC(C)N1C1CCCCCC1=O. The zero-order valence-electron chi connectivity index (χ0n) is 10.7. The first kappa shape index (κ1) is 12.1. The molecule has 0 aromatic rings. The Labute approximate surface area is 99.4 Å². The standard InChI is InChI=1S/C14H25NO/c1-3-12-10-9-11(2)15(12)13-7-5-4-6-8-14(13)16/h11-13H,3-10H2,1-2H3. The molecule has 0 aromatic carbocycles. The minimum atomic E-state index is 0.255. The van der Waals surface area contributed by atoms with Gasteiger partial charge in [0.15, 0.2) is 0 Å². The van der Waals surface area contributed by atoms with Crippen LogP contribution in [0.4, 0.5) is 0 Å². The van der Waals surface area contributed by atoms with Gasteiger partial charge in [-0.3, -0.25) is 9.69 Å². The van der Waals surface area contributed by atoms with Crippen LogP contribution in [0.25, 0.3) is 0 Å². The summed E-state index contributed by atoms with van der Waals surface area (Å²) < 4.78 is 0. The number of hydrogen-bond acceptors (Lipinski definition) is 2. The second-order valence-corrected chi connectivity index (χ2v) is 5.52. The normalized spacial score (nSPS) is 37.6. The third kappa shape index (κ3) is 2.32. The molecule has 0 N–H and O–H groups in total. The summed E-state index contributed by atoms with van der Waals surface area (Å²) >= 11 is 0. The van der Waals surface area contributed by atoms with Crippen molar-refractivity contribution < 1.29 is 4.79 Å². The first-order valence-corrected chi connectivity index (χ1v) is 7.04. The van der Waals surface area contributed by atoms with Crippen molar-refractivity contribution >= 4 is 5.78 Å². The number of hydrogen-bond donors (Lipinski definition) is 0. The molecule has 3 atom stereocenters. The molecule has 2 rings (SSSR count). The average Bonchev–Trinajstić information content (AvgIpc) is 2.51. The molecule has 1 saturated heterocycles. The van der Waals surface area contributed by atoms with Crippen LogP contribution in [0, 0.1) is 0 Å². The molecule has 2 aliphatic rings. The summed E-state index contributed by atoms with van der Waals surface area (Å²) in [4.78, 5) is 14.7. The maximum absolute atomic E-state index is 12.2. The minimum Gasteiger partial charge on any atom is -0.298 e. The van der Waals surface area contributed by atoms with Crippen LogP contribution in [0.1, 0.15) is 65.2 Å². The summed E-state index contributed by atoms with van der Waals surface area (Å²) in [6, 6.07) is 1.55. The van der Waals surface area contributed by atoms with Gasteiger partial charge in [-0.15, -0.1) is 0 Å². The van der Waals surface area contributed by atoms with E-state index < -0.39 is 0 Å². The molecule has 0 radical (unpaired) electrons. The van der Waals surface area contributed by atoms with Gasteiger partial charge in [-0.05, 0) is 39.0 Å². The number of ketones is 1. The van der Waals surface area contributed by atoms with Gasteiger partial charge in [0.1, 0.15) is 5.78 Å². The lowest BCUT2D eigenvalue weighted by molar-refractivity contribution is -0.125. The van der Waals surface area contributed by atoms with Crippen LogP contribution in [0.2, 0.25) is 0 Å². The Balaban J connectivity index is 2.10. The highest BCUT2D eigenvalue weighted by atomic mass is 16.1. The van der Waals surface area contributed by atoms with Crippen molar-refractivity contribution in [3.05, 3.63) is 0 Å². The highest BCUT2D eigenvalue weighted by Gasteiger charge is 2.37. The van der Waals surface area contributed by atoms with E-state index in [0.29, 0.717) is 17.9 Å². The van der Waals surface area contributed by atoms with Gasteiger partial charge in [0, 0.05) is 18.5 Å². The highest BCUT2D eigenvalue weighted by Crippen LogP contribution is 2.32. The molecule has 1 aliphatic carbocycles. The van der Waals surface area contributed by atoms with E-state index in [0.717, 1.165) is 19.3 Å². The van der Waals surface area contributed by atoms with Gasteiger partial charge in [-0.25, -0.2) is 0 Å². The van der Waals surface area contributed by atoms with E-state index >= 15 is 0 Å². The van der Waals surface area contributed by atoms with Gasteiger partial charge in [-0.1, -0.05) is 19.8 Å². The van der Waals surface area contributed by atoms with Crippen molar-refractivity contribution in [2.75, 3.05) is 0 Å². The second kappa shape index (κ2) is 5.31. The number of Topliss-reactive ketones (excluding diaryl/α,β-unsaturated/α-hetero) is 1. The third-order valence-electron chi connectivity index (χ3n) is 4.45. The zero-order valence-corrected chi connectivity index (χ0v) is 10.7. The largest absolute Gasteiger partial charge is 0.298 e. The van der Waals surface area contributed by atoms with Gasteiger partial charge in [0.25, 0.3) is 0 Å². The number of likely N-dealkylation sites (tertiary alicyclic amines) is 1. The molecule has 0 bridgehead atoms. The van der Waals surface area contributed by atoms with Crippen molar-refractivity contribution in [1.82, 2.24) is 4.90 Å². The second-order valence-electron chi connectivity index (χ2n) is 5.52. The molecule has 1 saturated carbocycles. The van der Waals surface area contributed by atoms with E-state index in [2.05, 4.69) is 18.7 Å². The monoisotopic (exact) mass is 223 g/mol. The van der Waals surface area contributed by atoms with Crippen molar-refractivity contribution in [2.45, 2.75) is 83.3 Å². The molecule has 92 valence electrons. The van der Waals surface area contributed by atoms with E-state index in [4.69, 9.17) is 0 Å². The number of carbonyl (C=O) groups is 1. The highest BCUT2D eigenvalue weighted by molar-refractivity contribution is 5.84. The summed E-state index contributed by atoms with van der Waals surface area (Å²) in [5.74, 6) is 0.518. The van der Waals surface area contributed by atoms with Crippen LogP contribution < -0.4 is 0 Å². The number of rotatable bonds is 2. The fourth-order valence-corrected chi connectivity index (χ4v) is 3.52. The smallest absolute Gasteiger partial charge is 0.149 e. The van der Waals surface area contributed by atoms with E-state index in [1.807, 2.05) is 0 Å². The molecule has 0 amide bonds. The zero-order chi connectivity index (χ0) is 11.5. The first-order valence-electron chi connectivity index (χ1n) is 7.04. The molecule has 0 aromatic heterocycles. The van der Waals surface area contributed by atoms with Crippen LogP contribution in [0.5, 0.6) is 0 Å². The Kier molecular flexibility index (Phi) is 4.01. The van der Waals surface area contributed by atoms with Crippen molar-refractivity contribution in [1.29, 1.82) is 0 Å². The Morgan fingerprint density at radius 3 is 2.75 bits per heavy atom. The van der Waals surface area contributed by atoms with Gasteiger partial charge in [-0.2, -0.15) is 0 Å². The molecule has 2 fully saturated rings. The lowest BCUT2D eigenvalue weighted by Crippen LogP contribution is -2.46. The predicted octanol–water partition coefficient (Wildman–Crippen LogP) is 3.15. The van der Waals surface area contributed by atoms with Crippen LogP contribution in [-0.4, -0.2) is 28.8 Å².